The van der Waals surface area contributed by atoms with E-state index >= 15 is 0 Å². The van der Waals surface area contributed by atoms with E-state index in [0.29, 0.717) is 24.3 Å². The molecule has 3 aliphatic rings. The first-order valence-electron chi connectivity index (χ1n) is 8.10. The first kappa shape index (κ1) is 14.1. The molecule has 112 valence electrons. The van der Waals surface area contributed by atoms with E-state index in [1.165, 1.54) is 0 Å². The maximum absolute atomic E-state index is 12.3. The topological polar surface area (TPSA) is 43.8 Å². The van der Waals surface area contributed by atoms with Gasteiger partial charge in [0.1, 0.15) is 0 Å². The molecule has 2 fully saturated rings. The molecule has 0 spiro atoms. The molecule has 1 saturated heterocycles. The third-order valence-electron chi connectivity index (χ3n) is 5.13. The van der Waals surface area contributed by atoms with Crippen molar-refractivity contribution in [3.05, 3.63) is 12.2 Å². The second-order valence-electron chi connectivity index (χ2n) is 6.45. The van der Waals surface area contributed by atoms with Gasteiger partial charge in [0.15, 0.2) is 0 Å². The zero-order valence-corrected chi connectivity index (χ0v) is 12.2. The molecule has 1 N–H and O–H groups in total. The summed E-state index contributed by atoms with van der Waals surface area (Å²) in [4.78, 5) is 16.7. The van der Waals surface area contributed by atoms with Crippen LogP contribution >= 0.6 is 0 Å². The zero-order valence-electron chi connectivity index (χ0n) is 12.2. The molecule has 20 heavy (non-hydrogen) atoms. The summed E-state index contributed by atoms with van der Waals surface area (Å²) >= 11 is 0. The molecule has 0 bridgehead atoms. The highest BCUT2D eigenvalue weighted by molar-refractivity contribution is 5.76. The summed E-state index contributed by atoms with van der Waals surface area (Å²) in [6.45, 7) is 3.51. The van der Waals surface area contributed by atoms with Crippen molar-refractivity contribution in [2.24, 2.45) is 5.92 Å². The summed E-state index contributed by atoms with van der Waals surface area (Å²) in [5.41, 5.74) is 0. The molecule has 0 aromatic rings. The summed E-state index contributed by atoms with van der Waals surface area (Å²) < 4.78 is 0. The molecule has 1 heterocycles. The molecule has 1 amide bonds. The van der Waals surface area contributed by atoms with Crippen LogP contribution in [0.25, 0.3) is 0 Å². The Labute approximate surface area is 121 Å². The Kier molecular flexibility index (Phi) is 4.41. The minimum Gasteiger partial charge on any atom is -0.391 e. The third kappa shape index (κ3) is 3.07. The predicted octanol–water partition coefficient (Wildman–Crippen LogP) is 1.40. The summed E-state index contributed by atoms with van der Waals surface area (Å²) in [6, 6.07) is 0.338. The first-order valence-corrected chi connectivity index (χ1v) is 8.10. The summed E-state index contributed by atoms with van der Waals surface area (Å²) in [5.74, 6) is 0.783. The number of rotatable bonds is 3. The monoisotopic (exact) mass is 278 g/mol. The van der Waals surface area contributed by atoms with Gasteiger partial charge in [0.05, 0.1) is 6.10 Å². The van der Waals surface area contributed by atoms with Gasteiger partial charge in [-0.2, -0.15) is 0 Å². The highest BCUT2D eigenvalue weighted by atomic mass is 16.3. The van der Waals surface area contributed by atoms with Crippen molar-refractivity contribution in [2.75, 3.05) is 26.2 Å². The largest absolute Gasteiger partial charge is 0.391 e. The van der Waals surface area contributed by atoms with Crippen molar-refractivity contribution in [1.29, 1.82) is 0 Å². The Bertz CT molecular complexity index is 375. The van der Waals surface area contributed by atoms with E-state index in [2.05, 4.69) is 17.1 Å². The fourth-order valence-electron chi connectivity index (χ4n) is 3.87. The third-order valence-corrected chi connectivity index (χ3v) is 5.13. The smallest absolute Gasteiger partial charge is 0.223 e. The van der Waals surface area contributed by atoms with Crippen LogP contribution in [-0.2, 0) is 4.79 Å². The number of piperazine rings is 1. The van der Waals surface area contributed by atoms with Crippen LogP contribution in [0.15, 0.2) is 12.2 Å². The minimum absolute atomic E-state index is 0.152. The molecule has 4 nitrogen and oxygen atoms in total. The summed E-state index contributed by atoms with van der Waals surface area (Å²) in [6.07, 6.45) is 10.4. The van der Waals surface area contributed by atoms with Crippen molar-refractivity contribution in [2.45, 2.75) is 50.7 Å². The fourth-order valence-corrected chi connectivity index (χ4v) is 3.87. The van der Waals surface area contributed by atoms with Gasteiger partial charge in [0, 0.05) is 38.6 Å². The molecule has 3 rings (SSSR count). The predicted molar refractivity (Wildman–Crippen MR) is 78.3 cm³/mol. The molecule has 1 aliphatic heterocycles. The van der Waals surface area contributed by atoms with Crippen molar-refractivity contribution in [3.63, 3.8) is 0 Å². The second-order valence-corrected chi connectivity index (χ2v) is 6.45. The molecule has 0 radical (unpaired) electrons. The van der Waals surface area contributed by atoms with Gasteiger partial charge >= 0.3 is 0 Å². The zero-order chi connectivity index (χ0) is 13.9. The number of carbonyl (C=O) groups is 1. The molecule has 4 heteroatoms. The van der Waals surface area contributed by atoms with Crippen molar-refractivity contribution in [1.82, 2.24) is 9.80 Å². The molecular formula is C16H26N2O2. The number of hydrogen-bond acceptors (Lipinski definition) is 3. The molecule has 0 aromatic carbocycles. The van der Waals surface area contributed by atoms with Crippen molar-refractivity contribution >= 4 is 5.91 Å². The Morgan fingerprint density at radius 1 is 1.15 bits per heavy atom. The lowest BCUT2D eigenvalue weighted by Gasteiger charge is -2.39. The van der Waals surface area contributed by atoms with E-state index in [1.54, 1.807) is 0 Å². The van der Waals surface area contributed by atoms with Crippen LogP contribution < -0.4 is 0 Å². The standard InChI is InChI=1S/C16H26N2O2/c19-15-7-3-6-14(15)17-8-10-18(11-9-17)16(20)12-13-4-1-2-5-13/h1,4,13-15,19H,2-3,5-12H2. The molecule has 2 aliphatic carbocycles. The van der Waals surface area contributed by atoms with E-state index in [9.17, 15) is 9.90 Å². The highest BCUT2D eigenvalue weighted by Gasteiger charge is 2.33. The number of aliphatic hydroxyl groups excluding tert-OH is 1. The Morgan fingerprint density at radius 2 is 1.95 bits per heavy atom. The van der Waals surface area contributed by atoms with Gasteiger partial charge in [-0.3, -0.25) is 9.69 Å². The average molecular weight is 278 g/mol. The summed E-state index contributed by atoms with van der Waals surface area (Å²) in [5, 5.41) is 9.98. The van der Waals surface area contributed by atoms with Crippen LogP contribution in [0.1, 0.15) is 38.5 Å². The van der Waals surface area contributed by atoms with Gasteiger partial charge in [0.2, 0.25) is 5.91 Å². The number of carbonyl (C=O) groups excluding carboxylic acids is 1. The SMILES string of the molecule is O=C(CC1C=CCC1)N1CCN(C2CCCC2O)CC1. The maximum Gasteiger partial charge on any atom is 0.223 e. The molecule has 3 atom stereocenters. The number of nitrogens with zero attached hydrogens (tertiary/aromatic N) is 2. The Balaban J connectivity index is 1.45. The number of allylic oxidation sites excluding steroid dienone is 2. The van der Waals surface area contributed by atoms with E-state index in [0.717, 1.165) is 58.3 Å². The lowest BCUT2D eigenvalue weighted by molar-refractivity contribution is -0.134. The Morgan fingerprint density at radius 3 is 2.55 bits per heavy atom. The number of aliphatic hydroxyl groups is 1. The lowest BCUT2D eigenvalue weighted by Crippen LogP contribution is -2.53. The highest BCUT2D eigenvalue weighted by Crippen LogP contribution is 2.26. The van der Waals surface area contributed by atoms with Crippen LogP contribution in [0.2, 0.25) is 0 Å². The molecule has 0 aromatic heterocycles. The van der Waals surface area contributed by atoms with Crippen LogP contribution in [0.4, 0.5) is 0 Å². The quantitative estimate of drug-likeness (QED) is 0.794. The minimum atomic E-state index is -0.152. The van der Waals surface area contributed by atoms with E-state index in [4.69, 9.17) is 0 Å². The number of amides is 1. The van der Waals surface area contributed by atoms with Crippen molar-refractivity contribution in [3.8, 4) is 0 Å². The van der Waals surface area contributed by atoms with Crippen LogP contribution in [0.5, 0.6) is 0 Å². The average Bonchev–Trinajstić information content (AvgIpc) is 3.10. The van der Waals surface area contributed by atoms with Crippen LogP contribution in [0.3, 0.4) is 0 Å². The van der Waals surface area contributed by atoms with E-state index < -0.39 is 0 Å². The van der Waals surface area contributed by atoms with Crippen LogP contribution in [-0.4, -0.2) is 59.1 Å². The Hall–Kier alpha value is -0.870. The van der Waals surface area contributed by atoms with E-state index in [-0.39, 0.29) is 6.10 Å². The first-order chi connectivity index (χ1) is 9.74. The van der Waals surface area contributed by atoms with Gasteiger partial charge in [-0.25, -0.2) is 0 Å². The maximum atomic E-state index is 12.3. The normalized spacial score (nSPS) is 34.9. The van der Waals surface area contributed by atoms with Gasteiger partial charge in [-0.1, -0.05) is 12.2 Å². The van der Waals surface area contributed by atoms with Gasteiger partial charge in [-0.05, 0) is 38.0 Å². The lowest BCUT2D eigenvalue weighted by atomic mass is 10.0. The molecule has 3 unspecified atom stereocenters. The fraction of sp³-hybridized carbons (Fsp3) is 0.812. The van der Waals surface area contributed by atoms with Gasteiger partial charge < -0.3 is 10.0 Å². The van der Waals surface area contributed by atoms with Crippen molar-refractivity contribution < 1.29 is 9.90 Å². The second kappa shape index (κ2) is 6.27. The molecular weight excluding hydrogens is 252 g/mol. The summed E-state index contributed by atoms with van der Waals surface area (Å²) in [7, 11) is 0. The van der Waals surface area contributed by atoms with Crippen LogP contribution in [0, 0.1) is 5.92 Å². The van der Waals surface area contributed by atoms with E-state index in [1.807, 2.05) is 4.90 Å². The van der Waals surface area contributed by atoms with Gasteiger partial charge in [-0.15, -0.1) is 0 Å². The molecule has 1 saturated carbocycles. The van der Waals surface area contributed by atoms with Gasteiger partial charge in [0.25, 0.3) is 0 Å². The number of hydrogen-bond donors (Lipinski definition) is 1.